The molecule has 1 aromatic heterocycles. The Morgan fingerprint density at radius 2 is 2.06 bits per heavy atom. The van der Waals surface area contributed by atoms with Gasteiger partial charge < -0.3 is 24.6 Å². The lowest BCUT2D eigenvalue weighted by Gasteiger charge is -2.44. The van der Waals surface area contributed by atoms with E-state index in [9.17, 15) is 9.90 Å². The van der Waals surface area contributed by atoms with Crippen LogP contribution in [-0.2, 0) is 25.5 Å². The number of nitrogens with one attached hydrogen (secondary N) is 1. The number of carbonyl (C=O) groups excluding carboxylic acids is 1. The van der Waals surface area contributed by atoms with E-state index in [2.05, 4.69) is 39.5 Å². The van der Waals surface area contributed by atoms with Gasteiger partial charge in [0.15, 0.2) is 0 Å². The van der Waals surface area contributed by atoms with Crippen LogP contribution in [0, 0.1) is 0 Å². The number of hydrogen-bond acceptors (Lipinski definition) is 7. The van der Waals surface area contributed by atoms with Gasteiger partial charge in [0.05, 0.1) is 44.6 Å². The molecule has 4 atom stereocenters. The summed E-state index contributed by atoms with van der Waals surface area (Å²) in [5, 5.41) is 13.4. The molecule has 0 aliphatic carbocycles. The van der Waals surface area contributed by atoms with E-state index in [0.717, 1.165) is 24.0 Å². The molecule has 2 aliphatic heterocycles. The highest BCUT2D eigenvalue weighted by molar-refractivity contribution is 5.76. The van der Waals surface area contributed by atoms with Crippen LogP contribution in [0.4, 0.5) is 0 Å². The minimum Gasteiger partial charge on any atom is -0.389 e. The Kier molecular flexibility index (Phi) is 9.01. The fourth-order valence-electron chi connectivity index (χ4n) is 4.83. The third-order valence-corrected chi connectivity index (χ3v) is 6.46. The van der Waals surface area contributed by atoms with Gasteiger partial charge in [-0.1, -0.05) is 18.2 Å². The average Bonchev–Trinajstić information content (AvgIpc) is 2.84. The zero-order valence-corrected chi connectivity index (χ0v) is 19.8. The van der Waals surface area contributed by atoms with Crippen LogP contribution in [0.5, 0.6) is 0 Å². The van der Waals surface area contributed by atoms with Crippen LogP contribution in [0.2, 0.25) is 0 Å². The van der Waals surface area contributed by atoms with E-state index >= 15 is 0 Å². The van der Waals surface area contributed by atoms with Gasteiger partial charge in [0, 0.05) is 45.2 Å². The van der Waals surface area contributed by atoms with Crippen molar-refractivity contribution in [1.82, 2.24) is 15.2 Å². The van der Waals surface area contributed by atoms with Crippen molar-refractivity contribution in [3.05, 3.63) is 54.4 Å². The number of amides is 1. The number of pyridine rings is 1. The molecule has 0 radical (unpaired) electrons. The van der Waals surface area contributed by atoms with E-state index in [1.54, 1.807) is 19.5 Å². The number of aromatic nitrogens is 1. The highest BCUT2D eigenvalue weighted by atomic mass is 16.5. The molecule has 4 rings (SSSR count). The number of fused-ring (bicyclic) bond motifs is 1. The van der Waals surface area contributed by atoms with E-state index in [0.29, 0.717) is 39.3 Å². The van der Waals surface area contributed by atoms with Crippen molar-refractivity contribution < 1.29 is 24.1 Å². The predicted octanol–water partition coefficient (Wildman–Crippen LogP) is 2.01. The third-order valence-electron chi connectivity index (χ3n) is 6.46. The Morgan fingerprint density at radius 1 is 1.21 bits per heavy atom. The molecule has 2 fully saturated rings. The summed E-state index contributed by atoms with van der Waals surface area (Å²) in [5.41, 5.74) is 3.46. The van der Waals surface area contributed by atoms with Crippen molar-refractivity contribution in [3.8, 4) is 11.1 Å². The number of aliphatic hydroxyl groups is 1. The minimum atomic E-state index is -0.548. The zero-order chi connectivity index (χ0) is 23.8. The fraction of sp³-hybridized carbons (Fsp3) is 0.538. The first-order valence-corrected chi connectivity index (χ1v) is 12.0. The molecule has 8 heteroatoms. The van der Waals surface area contributed by atoms with Gasteiger partial charge in [-0.2, -0.15) is 0 Å². The summed E-state index contributed by atoms with van der Waals surface area (Å²) < 4.78 is 17.1. The summed E-state index contributed by atoms with van der Waals surface area (Å²) in [6.45, 7) is 2.92. The molecule has 1 amide bonds. The van der Waals surface area contributed by atoms with Gasteiger partial charge in [-0.15, -0.1) is 0 Å². The second kappa shape index (κ2) is 12.4. The molecule has 2 aromatic rings. The molecule has 2 N–H and O–H groups in total. The monoisotopic (exact) mass is 469 g/mol. The van der Waals surface area contributed by atoms with E-state index < -0.39 is 6.10 Å². The molecule has 34 heavy (non-hydrogen) atoms. The lowest BCUT2D eigenvalue weighted by molar-refractivity contribution is -0.158. The maximum Gasteiger partial charge on any atom is 0.222 e. The van der Waals surface area contributed by atoms with Gasteiger partial charge in [-0.3, -0.25) is 14.7 Å². The van der Waals surface area contributed by atoms with Gasteiger partial charge in [-0.25, -0.2) is 0 Å². The Morgan fingerprint density at radius 3 is 2.88 bits per heavy atom. The lowest BCUT2D eigenvalue weighted by atomic mass is 9.94. The van der Waals surface area contributed by atoms with Crippen molar-refractivity contribution in [1.29, 1.82) is 0 Å². The largest absolute Gasteiger partial charge is 0.389 e. The number of hydrogen-bond donors (Lipinski definition) is 2. The number of nitrogens with zero attached hydrogens (tertiary/aromatic N) is 2. The summed E-state index contributed by atoms with van der Waals surface area (Å²) >= 11 is 0. The fourth-order valence-corrected chi connectivity index (χ4v) is 4.83. The first-order valence-electron chi connectivity index (χ1n) is 12.0. The first-order chi connectivity index (χ1) is 16.6. The maximum atomic E-state index is 12.2. The SMILES string of the molecule is COCCNC(=O)C[C@H]1CC[C@@H]2[C@H](COC[C@H](O)CN2Cc2cccc(-c3ccncc3)c2)O1. The first kappa shape index (κ1) is 24.8. The third kappa shape index (κ3) is 6.84. The van der Waals surface area contributed by atoms with E-state index in [4.69, 9.17) is 14.2 Å². The summed E-state index contributed by atoms with van der Waals surface area (Å²) in [6, 6.07) is 12.6. The topological polar surface area (TPSA) is 93.2 Å². The van der Waals surface area contributed by atoms with Crippen molar-refractivity contribution in [2.24, 2.45) is 0 Å². The normalized spacial score (nSPS) is 25.7. The number of β-amino-alcohol motifs (C(OH)–C–C–N with tert-alkyl or cyclic N) is 1. The highest BCUT2D eigenvalue weighted by Gasteiger charge is 2.38. The predicted molar refractivity (Wildman–Crippen MR) is 128 cm³/mol. The second-order valence-corrected chi connectivity index (χ2v) is 9.05. The molecule has 0 bridgehead atoms. The molecule has 0 unspecified atom stereocenters. The van der Waals surface area contributed by atoms with Gasteiger partial charge in [0.25, 0.3) is 0 Å². The Labute approximate surface area is 201 Å². The van der Waals surface area contributed by atoms with Crippen molar-refractivity contribution in [2.75, 3.05) is 40.0 Å². The lowest BCUT2D eigenvalue weighted by Crippen LogP contribution is -2.55. The zero-order valence-electron chi connectivity index (χ0n) is 19.8. The molecule has 2 aliphatic rings. The van der Waals surface area contributed by atoms with Crippen molar-refractivity contribution in [3.63, 3.8) is 0 Å². The summed E-state index contributed by atoms with van der Waals surface area (Å²) in [5.74, 6) is -0.0209. The average molecular weight is 470 g/mol. The molecular weight excluding hydrogens is 434 g/mol. The number of carbonyl (C=O) groups is 1. The van der Waals surface area contributed by atoms with Crippen LogP contribution in [0.1, 0.15) is 24.8 Å². The van der Waals surface area contributed by atoms with E-state index in [1.807, 2.05) is 12.1 Å². The van der Waals surface area contributed by atoms with Gasteiger partial charge in [0.1, 0.15) is 0 Å². The van der Waals surface area contributed by atoms with Gasteiger partial charge in [0.2, 0.25) is 5.91 Å². The number of methoxy groups -OCH3 is 1. The van der Waals surface area contributed by atoms with Crippen molar-refractivity contribution >= 4 is 5.91 Å². The standard InChI is InChI=1S/C26H35N3O5/c1-32-12-11-28-26(31)14-23-5-6-24-25(34-23)18-33-17-22(30)16-29(24)15-19-3-2-4-21(13-19)20-7-9-27-10-8-20/h2-4,7-10,13,22-25,30H,5-6,11-12,14-18H2,1H3,(H,28,31)/t22-,23-,24-,25+/m1/s1. The highest BCUT2D eigenvalue weighted by Crippen LogP contribution is 2.29. The Hall–Kier alpha value is -2.36. The minimum absolute atomic E-state index is 0.0209. The van der Waals surface area contributed by atoms with Crippen LogP contribution in [0.3, 0.4) is 0 Å². The maximum absolute atomic E-state index is 12.2. The molecule has 2 saturated heterocycles. The molecule has 0 spiro atoms. The van der Waals surface area contributed by atoms with Crippen LogP contribution >= 0.6 is 0 Å². The molecule has 1 aromatic carbocycles. The van der Waals surface area contributed by atoms with Crippen LogP contribution < -0.4 is 5.32 Å². The van der Waals surface area contributed by atoms with Crippen LogP contribution in [0.25, 0.3) is 11.1 Å². The summed E-state index contributed by atoms with van der Waals surface area (Å²) in [6.07, 6.45) is 4.81. The number of benzene rings is 1. The quantitative estimate of drug-likeness (QED) is 0.572. The van der Waals surface area contributed by atoms with Crippen LogP contribution in [-0.4, -0.2) is 85.3 Å². The summed E-state index contributed by atoms with van der Waals surface area (Å²) in [7, 11) is 1.61. The van der Waals surface area contributed by atoms with Crippen LogP contribution in [0.15, 0.2) is 48.8 Å². The molecule has 3 heterocycles. The van der Waals surface area contributed by atoms with Crippen molar-refractivity contribution in [2.45, 2.75) is 50.2 Å². The number of rotatable bonds is 8. The number of ether oxygens (including phenoxy) is 3. The molecule has 0 saturated carbocycles. The smallest absolute Gasteiger partial charge is 0.222 e. The van der Waals surface area contributed by atoms with Gasteiger partial charge in [-0.05, 0) is 47.7 Å². The molecular formula is C26H35N3O5. The molecule has 8 nitrogen and oxygen atoms in total. The Balaban J connectivity index is 1.42. The van der Waals surface area contributed by atoms with Gasteiger partial charge >= 0.3 is 0 Å². The molecule has 184 valence electrons. The summed E-state index contributed by atoms with van der Waals surface area (Å²) in [4.78, 5) is 18.7. The van der Waals surface area contributed by atoms with E-state index in [-0.39, 0.29) is 30.8 Å². The Bertz CT molecular complexity index is 912. The number of aliphatic hydroxyl groups excluding tert-OH is 1. The van der Waals surface area contributed by atoms with E-state index in [1.165, 1.54) is 5.56 Å². The second-order valence-electron chi connectivity index (χ2n) is 9.05.